The van der Waals surface area contributed by atoms with E-state index in [0.29, 0.717) is 30.7 Å². The Hall–Kier alpha value is -2.38. The third-order valence-electron chi connectivity index (χ3n) is 7.76. The average Bonchev–Trinajstić information content (AvgIpc) is 2.82. The van der Waals surface area contributed by atoms with Crippen molar-refractivity contribution >= 4 is 0 Å². The average molecular weight is 501 g/mol. The molecule has 0 saturated heterocycles. The lowest BCUT2D eigenvalue weighted by molar-refractivity contribution is -0.275. The van der Waals surface area contributed by atoms with E-state index in [0.717, 1.165) is 43.0 Å². The normalized spacial score (nSPS) is 25.3. The van der Waals surface area contributed by atoms with Crippen LogP contribution in [-0.2, 0) is 0 Å². The van der Waals surface area contributed by atoms with Gasteiger partial charge in [-0.05, 0) is 86.5 Å². The molecule has 0 bridgehead atoms. The highest BCUT2D eigenvalue weighted by Crippen LogP contribution is 2.46. The summed E-state index contributed by atoms with van der Waals surface area (Å²) in [4.78, 5) is 0. The number of benzene rings is 2. The van der Waals surface area contributed by atoms with E-state index in [1.165, 1.54) is 32.1 Å². The highest BCUT2D eigenvalue weighted by molar-refractivity contribution is 5.40. The van der Waals surface area contributed by atoms with Gasteiger partial charge in [-0.15, -0.1) is 13.2 Å². The number of rotatable bonds is 6. The van der Waals surface area contributed by atoms with Crippen LogP contribution in [0.4, 0.5) is 26.3 Å². The minimum absolute atomic E-state index is 0.0341. The molecule has 4 rings (SSSR count). The van der Waals surface area contributed by atoms with Crippen molar-refractivity contribution in [3.8, 4) is 17.2 Å². The van der Waals surface area contributed by atoms with Crippen molar-refractivity contribution in [3.63, 3.8) is 0 Å². The molecular weight excluding hydrogens is 470 g/mol. The van der Waals surface area contributed by atoms with Gasteiger partial charge in [-0.25, -0.2) is 13.2 Å². The first-order valence-electron chi connectivity index (χ1n) is 12.4. The molecule has 192 valence electrons. The Kier molecular flexibility index (Phi) is 7.86. The highest BCUT2D eigenvalue weighted by atomic mass is 19.4. The Balaban J connectivity index is 1.43. The lowest BCUT2D eigenvalue weighted by Gasteiger charge is -2.38. The first-order valence-corrected chi connectivity index (χ1v) is 12.4. The quantitative estimate of drug-likeness (QED) is 0.368. The summed E-state index contributed by atoms with van der Waals surface area (Å²) < 4.78 is 90.0. The first kappa shape index (κ1) is 25.7. The minimum Gasteiger partial charge on any atom is -0.454 e. The van der Waals surface area contributed by atoms with Crippen LogP contribution in [0.5, 0.6) is 17.2 Å². The fraction of sp³-hybridized carbons (Fsp3) is 0.556. The summed E-state index contributed by atoms with van der Waals surface area (Å²) in [7, 11) is 0. The lowest BCUT2D eigenvalue weighted by atomic mass is 9.68. The largest absolute Gasteiger partial charge is 0.573 e. The fourth-order valence-electron chi connectivity index (χ4n) is 5.83. The second kappa shape index (κ2) is 10.7. The third-order valence-corrected chi connectivity index (χ3v) is 7.76. The Morgan fingerprint density at radius 3 is 1.94 bits per heavy atom. The van der Waals surface area contributed by atoms with Crippen molar-refractivity contribution in [1.82, 2.24) is 0 Å². The van der Waals surface area contributed by atoms with Crippen LogP contribution in [0.2, 0.25) is 0 Å². The van der Waals surface area contributed by atoms with Crippen LogP contribution < -0.4 is 9.47 Å². The monoisotopic (exact) mass is 500 g/mol. The molecule has 8 heteroatoms. The van der Waals surface area contributed by atoms with Gasteiger partial charge >= 0.3 is 6.36 Å². The predicted molar refractivity (Wildman–Crippen MR) is 120 cm³/mol. The molecule has 0 N–H and O–H groups in total. The first-order chi connectivity index (χ1) is 16.6. The summed E-state index contributed by atoms with van der Waals surface area (Å²) in [5.41, 5.74) is -0.0341. The van der Waals surface area contributed by atoms with Gasteiger partial charge in [0.25, 0.3) is 0 Å². The van der Waals surface area contributed by atoms with E-state index >= 15 is 4.39 Å². The van der Waals surface area contributed by atoms with Gasteiger partial charge in [0.2, 0.25) is 0 Å². The molecule has 0 unspecified atom stereocenters. The molecule has 0 aliphatic heterocycles. The molecule has 2 nitrogen and oxygen atoms in total. The highest BCUT2D eigenvalue weighted by Gasteiger charge is 2.34. The molecule has 0 spiro atoms. The summed E-state index contributed by atoms with van der Waals surface area (Å²) in [6.07, 6.45) is 4.45. The topological polar surface area (TPSA) is 18.5 Å². The zero-order chi connectivity index (χ0) is 25.2. The predicted octanol–water partition coefficient (Wildman–Crippen LogP) is 9.28. The van der Waals surface area contributed by atoms with Crippen molar-refractivity contribution in [2.24, 2.45) is 17.8 Å². The Morgan fingerprint density at radius 2 is 1.37 bits per heavy atom. The fourth-order valence-corrected chi connectivity index (χ4v) is 5.83. The second-order valence-corrected chi connectivity index (χ2v) is 9.82. The maximum absolute atomic E-state index is 15.3. The summed E-state index contributed by atoms with van der Waals surface area (Å²) in [6, 6.07) is 4.66. The van der Waals surface area contributed by atoms with Crippen molar-refractivity contribution < 1.29 is 35.8 Å². The molecule has 0 aromatic heterocycles. The van der Waals surface area contributed by atoms with Crippen LogP contribution in [0.25, 0.3) is 0 Å². The number of halogens is 6. The third kappa shape index (κ3) is 6.25. The molecule has 2 fully saturated rings. The van der Waals surface area contributed by atoms with Crippen molar-refractivity contribution in [2.45, 2.75) is 77.0 Å². The van der Waals surface area contributed by atoms with Crippen LogP contribution in [0.15, 0.2) is 30.3 Å². The van der Waals surface area contributed by atoms with Gasteiger partial charge in [-0.1, -0.05) is 26.2 Å². The van der Waals surface area contributed by atoms with E-state index in [1.54, 1.807) is 0 Å². The van der Waals surface area contributed by atoms with Gasteiger partial charge in [0.1, 0.15) is 11.6 Å². The van der Waals surface area contributed by atoms with Crippen LogP contribution >= 0.6 is 0 Å². The van der Waals surface area contributed by atoms with Crippen LogP contribution in [0.3, 0.4) is 0 Å². The Labute approximate surface area is 201 Å². The van der Waals surface area contributed by atoms with Crippen molar-refractivity contribution in [1.29, 1.82) is 0 Å². The molecule has 35 heavy (non-hydrogen) atoms. The van der Waals surface area contributed by atoms with Crippen LogP contribution in [0.1, 0.15) is 76.2 Å². The van der Waals surface area contributed by atoms with E-state index in [-0.39, 0.29) is 23.0 Å². The minimum atomic E-state index is -5.05. The van der Waals surface area contributed by atoms with Gasteiger partial charge < -0.3 is 9.47 Å². The molecule has 2 saturated carbocycles. The Bertz CT molecular complexity index is 1010. The molecular formula is C27H30F6O2. The molecule has 0 amide bonds. The van der Waals surface area contributed by atoms with Crippen molar-refractivity contribution in [3.05, 3.63) is 53.3 Å². The lowest BCUT2D eigenvalue weighted by Crippen LogP contribution is -2.25. The number of ether oxygens (including phenoxy) is 2. The maximum atomic E-state index is 15.3. The van der Waals surface area contributed by atoms with E-state index < -0.39 is 29.6 Å². The second-order valence-electron chi connectivity index (χ2n) is 9.82. The zero-order valence-electron chi connectivity index (χ0n) is 19.6. The zero-order valence-corrected chi connectivity index (χ0v) is 19.6. The number of alkyl halides is 3. The summed E-state index contributed by atoms with van der Waals surface area (Å²) in [6.45, 7) is 2.24. The SMILES string of the molecule is CCC1CCC(C2CCC(c3c(F)ccc(Oc4ccc(OC(F)(F)F)c(F)c4)c3F)CC2)CC1. The van der Waals surface area contributed by atoms with Crippen molar-refractivity contribution in [2.75, 3.05) is 0 Å². The molecule has 0 atom stereocenters. The molecule has 2 aliphatic rings. The number of hydrogen-bond acceptors (Lipinski definition) is 2. The van der Waals surface area contributed by atoms with E-state index in [2.05, 4.69) is 11.7 Å². The van der Waals surface area contributed by atoms with E-state index in [1.807, 2.05) is 0 Å². The molecule has 2 aromatic rings. The van der Waals surface area contributed by atoms with Gasteiger partial charge in [-0.2, -0.15) is 0 Å². The Morgan fingerprint density at radius 1 is 0.771 bits per heavy atom. The summed E-state index contributed by atoms with van der Waals surface area (Å²) in [5.74, 6) is -2.52. The molecule has 0 radical (unpaired) electrons. The number of hydrogen-bond donors (Lipinski definition) is 0. The maximum Gasteiger partial charge on any atom is 0.573 e. The van der Waals surface area contributed by atoms with Crippen LogP contribution in [-0.4, -0.2) is 6.36 Å². The standard InChI is InChI=1S/C27H30F6O2/c1-2-16-3-5-17(6-4-16)18-7-9-19(10-8-18)25-21(28)12-14-24(26(25)30)34-20-11-13-23(22(29)15-20)35-27(31,32)33/h11-19H,2-10H2,1H3. The van der Waals surface area contributed by atoms with Crippen LogP contribution in [0, 0.1) is 35.2 Å². The molecule has 2 aliphatic carbocycles. The molecule has 2 aromatic carbocycles. The van der Waals surface area contributed by atoms with Gasteiger partial charge in [0.15, 0.2) is 23.1 Å². The van der Waals surface area contributed by atoms with E-state index in [9.17, 15) is 22.0 Å². The van der Waals surface area contributed by atoms with Gasteiger partial charge in [-0.3, -0.25) is 0 Å². The summed E-state index contributed by atoms with van der Waals surface area (Å²) in [5, 5.41) is 0. The smallest absolute Gasteiger partial charge is 0.454 e. The van der Waals surface area contributed by atoms with Gasteiger partial charge in [0.05, 0.1) is 0 Å². The van der Waals surface area contributed by atoms with E-state index in [4.69, 9.17) is 4.74 Å². The summed E-state index contributed by atoms with van der Waals surface area (Å²) >= 11 is 0. The van der Waals surface area contributed by atoms with Gasteiger partial charge in [0, 0.05) is 11.6 Å². The molecule has 0 heterocycles.